The van der Waals surface area contributed by atoms with E-state index in [0.29, 0.717) is 22.9 Å². The minimum Gasteiger partial charge on any atom is -0.497 e. The van der Waals surface area contributed by atoms with Gasteiger partial charge in [-0.2, -0.15) is 0 Å². The zero-order valence-electron chi connectivity index (χ0n) is 15.1. The van der Waals surface area contributed by atoms with Crippen LogP contribution in [0, 0.1) is 6.92 Å². The van der Waals surface area contributed by atoms with Gasteiger partial charge in [0, 0.05) is 6.07 Å². The molecule has 2 rings (SSSR count). The first-order valence-electron chi connectivity index (χ1n) is 7.82. The highest BCUT2D eigenvalue weighted by Gasteiger charge is 2.16. The summed E-state index contributed by atoms with van der Waals surface area (Å²) in [4.78, 5) is 24.4. The molecule has 0 spiro atoms. The Bertz CT molecular complexity index is 803. The van der Waals surface area contributed by atoms with Crippen molar-refractivity contribution in [3.63, 3.8) is 0 Å². The Morgan fingerprint density at radius 3 is 2.27 bits per heavy atom. The van der Waals surface area contributed by atoms with Crippen molar-refractivity contribution in [2.24, 2.45) is 0 Å². The molecule has 0 radical (unpaired) electrons. The van der Waals surface area contributed by atoms with E-state index in [-0.39, 0.29) is 5.56 Å². The van der Waals surface area contributed by atoms with Crippen LogP contribution in [0.25, 0.3) is 0 Å². The highest BCUT2D eigenvalue weighted by Crippen LogP contribution is 2.28. The van der Waals surface area contributed by atoms with Crippen molar-refractivity contribution in [1.29, 1.82) is 0 Å². The zero-order valence-corrected chi connectivity index (χ0v) is 15.1. The second-order valence-electron chi connectivity index (χ2n) is 5.39. The maximum atomic E-state index is 12.2. The largest absolute Gasteiger partial charge is 0.497 e. The van der Waals surface area contributed by atoms with Crippen molar-refractivity contribution in [3.8, 4) is 17.2 Å². The van der Waals surface area contributed by atoms with Gasteiger partial charge in [0.25, 0.3) is 5.91 Å². The number of benzene rings is 2. The fraction of sp³-hybridized carbons (Fsp3) is 0.263. The lowest BCUT2D eigenvalue weighted by Crippen LogP contribution is -2.21. The van der Waals surface area contributed by atoms with Gasteiger partial charge in [-0.05, 0) is 31.2 Å². The summed E-state index contributed by atoms with van der Waals surface area (Å²) >= 11 is 0. The molecule has 0 aliphatic rings. The molecule has 0 aromatic heterocycles. The number of rotatable bonds is 7. The summed E-state index contributed by atoms with van der Waals surface area (Å²) < 4.78 is 20.5. The lowest BCUT2D eigenvalue weighted by atomic mass is 10.1. The standard InChI is InChI=1S/C19H21NO6/c1-12-5-7-16(24-3)14(9-12)19(22)26-11-18(21)20-15-10-13(23-2)6-8-17(15)25-4/h5-10H,11H2,1-4H3,(H,20,21). The molecule has 0 bridgehead atoms. The van der Waals surface area contributed by atoms with Gasteiger partial charge in [-0.1, -0.05) is 11.6 Å². The van der Waals surface area contributed by atoms with E-state index < -0.39 is 18.5 Å². The predicted molar refractivity (Wildman–Crippen MR) is 96.2 cm³/mol. The third-order valence-corrected chi connectivity index (χ3v) is 3.59. The fourth-order valence-electron chi connectivity index (χ4n) is 2.29. The molecular weight excluding hydrogens is 338 g/mol. The maximum Gasteiger partial charge on any atom is 0.342 e. The zero-order chi connectivity index (χ0) is 19.1. The molecule has 0 aliphatic carbocycles. The first-order valence-corrected chi connectivity index (χ1v) is 7.82. The first-order chi connectivity index (χ1) is 12.5. The van der Waals surface area contributed by atoms with Crippen molar-refractivity contribution in [3.05, 3.63) is 47.5 Å². The molecule has 1 amide bonds. The molecule has 0 heterocycles. The summed E-state index contributed by atoms with van der Waals surface area (Å²) in [6, 6.07) is 10.1. The predicted octanol–water partition coefficient (Wildman–Crippen LogP) is 2.82. The Morgan fingerprint density at radius 2 is 1.62 bits per heavy atom. The van der Waals surface area contributed by atoms with E-state index in [9.17, 15) is 9.59 Å². The van der Waals surface area contributed by atoms with Crippen molar-refractivity contribution in [2.45, 2.75) is 6.92 Å². The van der Waals surface area contributed by atoms with Crippen LogP contribution < -0.4 is 19.5 Å². The second-order valence-corrected chi connectivity index (χ2v) is 5.39. The summed E-state index contributed by atoms with van der Waals surface area (Å²) in [7, 11) is 4.47. The van der Waals surface area contributed by atoms with E-state index in [2.05, 4.69) is 5.32 Å². The van der Waals surface area contributed by atoms with Crippen LogP contribution in [0.4, 0.5) is 5.69 Å². The normalized spacial score (nSPS) is 10.0. The minimum atomic E-state index is -0.640. The van der Waals surface area contributed by atoms with Crippen molar-refractivity contribution < 1.29 is 28.5 Å². The Morgan fingerprint density at radius 1 is 0.923 bits per heavy atom. The van der Waals surface area contributed by atoms with Crippen LogP contribution in [0.1, 0.15) is 15.9 Å². The molecule has 0 atom stereocenters. The number of carbonyl (C=O) groups excluding carboxylic acids is 2. The summed E-state index contributed by atoms with van der Waals surface area (Å²) in [5.41, 5.74) is 1.56. The van der Waals surface area contributed by atoms with E-state index >= 15 is 0 Å². The number of nitrogens with one attached hydrogen (secondary N) is 1. The van der Waals surface area contributed by atoms with E-state index in [1.165, 1.54) is 21.3 Å². The van der Waals surface area contributed by atoms with Crippen LogP contribution in [0.15, 0.2) is 36.4 Å². The van der Waals surface area contributed by atoms with E-state index in [1.807, 2.05) is 13.0 Å². The van der Waals surface area contributed by atoms with Crippen molar-refractivity contribution in [2.75, 3.05) is 33.3 Å². The quantitative estimate of drug-likeness (QED) is 0.766. The molecule has 0 saturated carbocycles. The van der Waals surface area contributed by atoms with Crippen molar-refractivity contribution in [1.82, 2.24) is 0 Å². The van der Waals surface area contributed by atoms with Crippen LogP contribution in [0.5, 0.6) is 17.2 Å². The summed E-state index contributed by atoms with van der Waals surface area (Å²) in [6.07, 6.45) is 0. The van der Waals surface area contributed by atoms with E-state index in [4.69, 9.17) is 18.9 Å². The number of anilines is 1. The van der Waals surface area contributed by atoms with Crippen LogP contribution in [-0.4, -0.2) is 39.8 Å². The number of esters is 1. The molecule has 1 N–H and O–H groups in total. The number of hydrogen-bond acceptors (Lipinski definition) is 6. The lowest BCUT2D eigenvalue weighted by Gasteiger charge is -2.12. The van der Waals surface area contributed by atoms with Gasteiger partial charge < -0.3 is 24.3 Å². The summed E-state index contributed by atoms with van der Waals surface area (Å²) in [5.74, 6) is 0.263. The number of ether oxygens (including phenoxy) is 4. The third kappa shape index (κ3) is 4.66. The molecule has 7 heteroatoms. The van der Waals surface area contributed by atoms with Crippen LogP contribution in [0.3, 0.4) is 0 Å². The molecule has 26 heavy (non-hydrogen) atoms. The summed E-state index contributed by atoms with van der Waals surface area (Å²) in [5, 5.41) is 2.63. The van der Waals surface area contributed by atoms with Gasteiger partial charge in [-0.3, -0.25) is 4.79 Å². The number of amides is 1. The Labute approximate surface area is 151 Å². The van der Waals surface area contributed by atoms with E-state index in [1.54, 1.807) is 30.3 Å². The fourth-order valence-corrected chi connectivity index (χ4v) is 2.29. The van der Waals surface area contributed by atoms with Gasteiger partial charge in [-0.25, -0.2) is 4.79 Å². The van der Waals surface area contributed by atoms with Gasteiger partial charge in [0.2, 0.25) is 0 Å². The van der Waals surface area contributed by atoms with Gasteiger partial charge in [0.05, 0.1) is 27.0 Å². The molecule has 2 aromatic rings. The van der Waals surface area contributed by atoms with Crippen LogP contribution >= 0.6 is 0 Å². The third-order valence-electron chi connectivity index (χ3n) is 3.59. The Hall–Kier alpha value is -3.22. The molecule has 7 nitrogen and oxygen atoms in total. The number of methoxy groups -OCH3 is 3. The molecule has 0 unspecified atom stereocenters. The van der Waals surface area contributed by atoms with Gasteiger partial charge in [0.15, 0.2) is 6.61 Å². The monoisotopic (exact) mass is 359 g/mol. The van der Waals surface area contributed by atoms with Crippen LogP contribution in [0.2, 0.25) is 0 Å². The molecule has 0 aliphatic heterocycles. The maximum absolute atomic E-state index is 12.2. The smallest absolute Gasteiger partial charge is 0.342 e. The van der Waals surface area contributed by atoms with Crippen LogP contribution in [-0.2, 0) is 9.53 Å². The lowest BCUT2D eigenvalue weighted by molar-refractivity contribution is -0.119. The van der Waals surface area contributed by atoms with Gasteiger partial charge in [0.1, 0.15) is 22.8 Å². The SMILES string of the molecule is COc1ccc(OC)c(NC(=O)COC(=O)c2cc(C)ccc2OC)c1. The average molecular weight is 359 g/mol. The minimum absolute atomic E-state index is 0.263. The molecule has 0 saturated heterocycles. The topological polar surface area (TPSA) is 83.1 Å². The molecule has 0 fully saturated rings. The highest BCUT2D eigenvalue weighted by molar-refractivity contribution is 5.97. The average Bonchev–Trinajstić information content (AvgIpc) is 2.65. The number of carbonyl (C=O) groups is 2. The van der Waals surface area contributed by atoms with Gasteiger partial charge in [-0.15, -0.1) is 0 Å². The van der Waals surface area contributed by atoms with E-state index in [0.717, 1.165) is 5.56 Å². The summed E-state index contributed by atoms with van der Waals surface area (Å²) in [6.45, 7) is 1.40. The molecule has 138 valence electrons. The second kappa shape index (κ2) is 8.75. The number of hydrogen-bond donors (Lipinski definition) is 1. The first kappa shape index (κ1) is 19.1. The Kier molecular flexibility index (Phi) is 6.43. The van der Waals surface area contributed by atoms with Gasteiger partial charge >= 0.3 is 5.97 Å². The van der Waals surface area contributed by atoms with Crippen molar-refractivity contribution >= 4 is 17.6 Å². The highest BCUT2D eigenvalue weighted by atomic mass is 16.5. The molecular formula is C19H21NO6. The Balaban J connectivity index is 2.03. The molecule has 2 aromatic carbocycles. The number of aryl methyl sites for hydroxylation is 1.